The van der Waals surface area contributed by atoms with Gasteiger partial charge in [-0.1, -0.05) is 25.1 Å². The summed E-state index contributed by atoms with van der Waals surface area (Å²) in [4.78, 5) is 26.3. The van der Waals surface area contributed by atoms with Crippen LogP contribution < -0.4 is 5.32 Å². The van der Waals surface area contributed by atoms with Crippen molar-refractivity contribution in [1.29, 1.82) is 0 Å². The number of aromatic nitrogens is 4. The summed E-state index contributed by atoms with van der Waals surface area (Å²) in [5, 5.41) is 13.2. The van der Waals surface area contributed by atoms with Crippen molar-refractivity contribution in [2.45, 2.75) is 44.6 Å². The summed E-state index contributed by atoms with van der Waals surface area (Å²) in [6.45, 7) is 6.74. The molecule has 0 spiro atoms. The molecule has 3 aromatic rings. The minimum Gasteiger partial charge on any atom is -0.396 e. The summed E-state index contributed by atoms with van der Waals surface area (Å²) in [6, 6.07) is 9.01. The van der Waals surface area contributed by atoms with Crippen molar-refractivity contribution < 1.29 is 19.4 Å². The SMILES string of the molecule is C[C@H]1C[C@H]2[C@H](CO)[C@H]3COC(C)(C)O[C@H]3C12n1cnc2c(NC(=O)c3ccccc3)ncnc21. The summed E-state index contributed by atoms with van der Waals surface area (Å²) in [6.07, 6.45) is 4.10. The normalized spacial score (nSPS) is 33.7. The van der Waals surface area contributed by atoms with Gasteiger partial charge in [0.25, 0.3) is 5.91 Å². The average molecular weight is 464 g/mol. The molecule has 9 heteroatoms. The van der Waals surface area contributed by atoms with Gasteiger partial charge >= 0.3 is 0 Å². The molecule has 6 atom stereocenters. The zero-order valence-corrected chi connectivity index (χ0v) is 19.5. The number of hydrogen-bond donors (Lipinski definition) is 2. The predicted molar refractivity (Wildman–Crippen MR) is 124 cm³/mol. The number of carbonyl (C=O) groups is 1. The lowest BCUT2D eigenvalue weighted by molar-refractivity contribution is -0.311. The molecule has 1 unspecified atom stereocenters. The van der Waals surface area contributed by atoms with Crippen molar-refractivity contribution in [3.63, 3.8) is 0 Å². The van der Waals surface area contributed by atoms with Crippen LogP contribution in [-0.4, -0.2) is 55.6 Å². The minimum absolute atomic E-state index is 0.0776. The number of rotatable bonds is 4. The number of anilines is 1. The molecule has 1 saturated heterocycles. The van der Waals surface area contributed by atoms with Gasteiger partial charge in [-0.25, -0.2) is 15.0 Å². The number of hydrogen-bond acceptors (Lipinski definition) is 7. The predicted octanol–water partition coefficient (Wildman–Crippen LogP) is 2.82. The average Bonchev–Trinajstić information content (AvgIpc) is 3.33. The Balaban J connectivity index is 1.44. The lowest BCUT2D eigenvalue weighted by atomic mass is 9.58. The smallest absolute Gasteiger partial charge is 0.256 e. The van der Waals surface area contributed by atoms with Gasteiger partial charge in [0.15, 0.2) is 22.8 Å². The fraction of sp³-hybridized carbons (Fsp3) is 0.520. The molecular formula is C25H29N5O4. The summed E-state index contributed by atoms with van der Waals surface area (Å²) < 4.78 is 14.7. The van der Waals surface area contributed by atoms with Crippen LogP contribution in [-0.2, 0) is 15.0 Å². The van der Waals surface area contributed by atoms with Crippen LogP contribution in [0.4, 0.5) is 5.82 Å². The van der Waals surface area contributed by atoms with E-state index in [1.807, 2.05) is 32.0 Å². The minimum atomic E-state index is -0.710. The van der Waals surface area contributed by atoms with E-state index in [1.54, 1.807) is 18.5 Å². The molecule has 178 valence electrons. The summed E-state index contributed by atoms with van der Waals surface area (Å²) in [5.74, 6) is 0.0923. The molecule has 2 aliphatic carbocycles. The molecule has 3 aliphatic rings. The molecule has 2 saturated carbocycles. The highest BCUT2D eigenvalue weighted by Crippen LogP contribution is 2.66. The first-order valence-electron chi connectivity index (χ1n) is 11.8. The number of fused-ring (bicyclic) bond motifs is 4. The molecule has 3 heterocycles. The number of aliphatic hydroxyl groups is 1. The van der Waals surface area contributed by atoms with Gasteiger partial charge in [-0.05, 0) is 50.2 Å². The quantitative estimate of drug-likeness (QED) is 0.612. The van der Waals surface area contributed by atoms with E-state index in [9.17, 15) is 9.90 Å². The van der Waals surface area contributed by atoms with Gasteiger partial charge in [0.1, 0.15) is 6.33 Å². The van der Waals surface area contributed by atoms with E-state index in [1.165, 1.54) is 6.33 Å². The lowest BCUT2D eigenvalue weighted by Gasteiger charge is -2.57. The Kier molecular flexibility index (Phi) is 4.81. The zero-order valence-electron chi connectivity index (χ0n) is 19.5. The van der Waals surface area contributed by atoms with Crippen molar-refractivity contribution in [2.75, 3.05) is 18.5 Å². The van der Waals surface area contributed by atoms with Gasteiger partial charge < -0.3 is 24.5 Å². The molecule has 3 fully saturated rings. The first-order valence-corrected chi connectivity index (χ1v) is 11.8. The van der Waals surface area contributed by atoms with Gasteiger partial charge in [0, 0.05) is 18.1 Å². The van der Waals surface area contributed by atoms with E-state index >= 15 is 0 Å². The maximum absolute atomic E-state index is 12.8. The Labute approximate surface area is 197 Å². The van der Waals surface area contributed by atoms with E-state index in [4.69, 9.17) is 9.47 Å². The molecule has 2 N–H and O–H groups in total. The highest BCUT2D eigenvalue weighted by atomic mass is 16.7. The highest BCUT2D eigenvalue weighted by molar-refractivity contribution is 6.06. The number of amides is 1. The number of nitrogens with zero attached hydrogens (tertiary/aromatic N) is 4. The van der Waals surface area contributed by atoms with Gasteiger partial charge in [0.2, 0.25) is 0 Å². The van der Waals surface area contributed by atoms with E-state index in [2.05, 4.69) is 31.8 Å². The summed E-state index contributed by atoms with van der Waals surface area (Å²) >= 11 is 0. The molecule has 9 nitrogen and oxygen atoms in total. The Morgan fingerprint density at radius 1 is 1.24 bits per heavy atom. The van der Waals surface area contributed by atoms with Gasteiger partial charge in [-0.3, -0.25) is 4.79 Å². The van der Waals surface area contributed by atoms with Crippen LogP contribution in [0.2, 0.25) is 0 Å². The molecule has 1 aromatic carbocycles. The number of imidazole rings is 1. The van der Waals surface area contributed by atoms with Crippen molar-refractivity contribution in [3.8, 4) is 0 Å². The van der Waals surface area contributed by atoms with E-state index < -0.39 is 11.3 Å². The van der Waals surface area contributed by atoms with Crippen LogP contribution in [0, 0.1) is 23.7 Å². The second-order valence-corrected chi connectivity index (χ2v) is 10.2. The number of ether oxygens (including phenoxy) is 2. The van der Waals surface area contributed by atoms with Crippen molar-refractivity contribution in [2.24, 2.45) is 23.7 Å². The standard InChI is InChI=1S/C25H29N5O4/c1-14-9-18-16(10-31)17-11-33-24(2,3)34-20(17)25(14,18)30-13-28-19-21(26-12-27-22(19)30)29-23(32)15-7-5-4-6-8-15/h4-8,12-14,16-18,20,31H,9-11H2,1-3H3,(H,26,27,29,32)/t14-,16+,17+,18-,20+,25?/m0/s1. The van der Waals surface area contributed by atoms with Crippen LogP contribution in [0.15, 0.2) is 43.0 Å². The van der Waals surface area contributed by atoms with Crippen LogP contribution >= 0.6 is 0 Å². The maximum atomic E-state index is 12.8. The largest absolute Gasteiger partial charge is 0.396 e. The maximum Gasteiger partial charge on any atom is 0.256 e. The molecule has 0 bridgehead atoms. The van der Waals surface area contributed by atoms with Crippen molar-refractivity contribution in [3.05, 3.63) is 48.5 Å². The first-order chi connectivity index (χ1) is 16.4. The Hall–Kier alpha value is -2.88. The number of benzene rings is 1. The molecule has 34 heavy (non-hydrogen) atoms. The van der Waals surface area contributed by atoms with Gasteiger partial charge in [-0.2, -0.15) is 0 Å². The third kappa shape index (κ3) is 2.90. The second kappa shape index (κ2) is 7.56. The topological polar surface area (TPSA) is 111 Å². The Morgan fingerprint density at radius 3 is 2.76 bits per heavy atom. The van der Waals surface area contributed by atoms with E-state index in [0.717, 1.165) is 6.42 Å². The monoisotopic (exact) mass is 463 g/mol. The van der Waals surface area contributed by atoms with E-state index in [0.29, 0.717) is 35.1 Å². The number of carbonyl (C=O) groups excluding carboxylic acids is 1. The number of nitrogens with one attached hydrogen (secondary N) is 1. The van der Waals surface area contributed by atoms with Gasteiger partial charge in [-0.15, -0.1) is 0 Å². The third-order valence-electron chi connectivity index (χ3n) is 8.17. The van der Waals surface area contributed by atoms with Crippen molar-refractivity contribution >= 4 is 22.9 Å². The summed E-state index contributed by atoms with van der Waals surface area (Å²) in [5.41, 5.74) is 1.33. The molecule has 1 aliphatic heterocycles. The van der Waals surface area contributed by atoms with Crippen LogP contribution in [0.3, 0.4) is 0 Å². The van der Waals surface area contributed by atoms with Gasteiger partial charge in [0.05, 0.1) is 24.6 Å². The van der Waals surface area contributed by atoms with E-state index in [-0.39, 0.29) is 36.4 Å². The Morgan fingerprint density at radius 2 is 2.03 bits per heavy atom. The fourth-order valence-electron chi connectivity index (χ4n) is 6.66. The highest BCUT2D eigenvalue weighted by Gasteiger charge is 2.71. The molecule has 0 radical (unpaired) electrons. The molecule has 2 aromatic heterocycles. The van der Waals surface area contributed by atoms with Crippen molar-refractivity contribution in [1.82, 2.24) is 19.5 Å². The number of aliphatic hydroxyl groups excluding tert-OH is 1. The summed E-state index contributed by atoms with van der Waals surface area (Å²) in [7, 11) is 0. The van der Waals surface area contributed by atoms with Crippen LogP contribution in [0.5, 0.6) is 0 Å². The molecule has 1 amide bonds. The second-order valence-electron chi connectivity index (χ2n) is 10.2. The Bertz CT molecular complexity index is 1240. The molecule has 6 rings (SSSR count). The fourth-order valence-corrected chi connectivity index (χ4v) is 6.66. The zero-order chi connectivity index (χ0) is 23.7. The first kappa shape index (κ1) is 21.6. The molecular weight excluding hydrogens is 434 g/mol. The van der Waals surface area contributed by atoms with Crippen LogP contribution in [0.25, 0.3) is 11.2 Å². The van der Waals surface area contributed by atoms with Crippen LogP contribution in [0.1, 0.15) is 37.6 Å². The lowest BCUT2D eigenvalue weighted by Crippen LogP contribution is -2.63. The third-order valence-corrected chi connectivity index (χ3v) is 8.17.